The summed E-state index contributed by atoms with van der Waals surface area (Å²) in [6, 6.07) is 0. The van der Waals surface area contributed by atoms with Crippen molar-refractivity contribution >= 4 is 0 Å². The number of hydrazine groups is 1. The summed E-state index contributed by atoms with van der Waals surface area (Å²) in [5.41, 5.74) is 2.25. The fourth-order valence-electron chi connectivity index (χ4n) is 1.80. The molecule has 1 aliphatic carbocycles. The van der Waals surface area contributed by atoms with Crippen molar-refractivity contribution in [2.45, 2.75) is 44.1 Å². The number of hydrogen-bond donors (Lipinski definition) is 3. The van der Waals surface area contributed by atoms with Crippen LogP contribution in [0, 0.1) is 0 Å². The highest BCUT2D eigenvalue weighted by molar-refractivity contribution is 4.83. The molecule has 0 bridgehead atoms. The second-order valence-corrected chi connectivity index (χ2v) is 3.49. The fraction of sp³-hybridized carbons (Fsp3) is 1.00. The van der Waals surface area contributed by atoms with Gasteiger partial charge in [-0.05, 0) is 25.7 Å². The molecule has 0 amide bonds. The lowest BCUT2D eigenvalue weighted by Gasteiger charge is -2.21. The quantitative estimate of drug-likeness (QED) is 0.318. The molecule has 0 spiro atoms. The Labute approximate surface area is 67.9 Å². The van der Waals surface area contributed by atoms with Crippen LogP contribution in [-0.4, -0.2) is 17.3 Å². The molecular formula is C8H18N2O. The minimum atomic E-state index is -0.350. The average molecular weight is 158 g/mol. The van der Waals surface area contributed by atoms with Gasteiger partial charge in [-0.2, -0.15) is 0 Å². The zero-order valence-corrected chi connectivity index (χ0v) is 6.97. The van der Waals surface area contributed by atoms with Gasteiger partial charge in [0.1, 0.15) is 0 Å². The molecule has 66 valence electrons. The Kier molecular flexibility index (Phi) is 3.30. The van der Waals surface area contributed by atoms with Crippen LogP contribution >= 0.6 is 0 Å². The van der Waals surface area contributed by atoms with Crippen LogP contribution in [0.3, 0.4) is 0 Å². The van der Waals surface area contributed by atoms with E-state index in [1.807, 2.05) is 0 Å². The van der Waals surface area contributed by atoms with Gasteiger partial charge in [0.25, 0.3) is 0 Å². The standard InChI is InChI=1S/C8H18N2O/c9-10-7-3-6-8(11)4-1-2-5-8/h10-11H,1-7,9H2. The Morgan fingerprint density at radius 2 is 2.00 bits per heavy atom. The van der Waals surface area contributed by atoms with E-state index in [0.717, 1.165) is 32.2 Å². The zero-order chi connectivity index (χ0) is 8.16. The van der Waals surface area contributed by atoms with Crippen molar-refractivity contribution in [3.05, 3.63) is 0 Å². The molecule has 1 rings (SSSR count). The Hall–Kier alpha value is -0.120. The third-order valence-corrected chi connectivity index (χ3v) is 2.50. The van der Waals surface area contributed by atoms with Gasteiger partial charge >= 0.3 is 0 Å². The summed E-state index contributed by atoms with van der Waals surface area (Å²) in [7, 11) is 0. The highest BCUT2D eigenvalue weighted by Crippen LogP contribution is 2.32. The van der Waals surface area contributed by atoms with Crippen molar-refractivity contribution < 1.29 is 5.11 Å². The SMILES string of the molecule is NNCCCC1(O)CCCC1. The molecule has 0 atom stereocenters. The minimum absolute atomic E-state index is 0.350. The van der Waals surface area contributed by atoms with Crippen molar-refractivity contribution in [3.8, 4) is 0 Å². The molecule has 0 aromatic carbocycles. The summed E-state index contributed by atoms with van der Waals surface area (Å²) in [4.78, 5) is 0. The monoisotopic (exact) mass is 158 g/mol. The first kappa shape index (κ1) is 8.97. The van der Waals surface area contributed by atoms with E-state index in [0.29, 0.717) is 0 Å². The summed E-state index contributed by atoms with van der Waals surface area (Å²) < 4.78 is 0. The first-order chi connectivity index (χ1) is 5.27. The van der Waals surface area contributed by atoms with Crippen LogP contribution in [0.1, 0.15) is 38.5 Å². The molecule has 0 aromatic heterocycles. The summed E-state index contributed by atoms with van der Waals surface area (Å²) >= 11 is 0. The van der Waals surface area contributed by atoms with Gasteiger partial charge in [-0.1, -0.05) is 12.8 Å². The Balaban J connectivity index is 2.13. The second-order valence-electron chi connectivity index (χ2n) is 3.49. The fourth-order valence-corrected chi connectivity index (χ4v) is 1.80. The van der Waals surface area contributed by atoms with Crippen molar-refractivity contribution in [1.82, 2.24) is 5.43 Å². The van der Waals surface area contributed by atoms with E-state index in [4.69, 9.17) is 5.84 Å². The maximum atomic E-state index is 9.85. The summed E-state index contributed by atoms with van der Waals surface area (Å²) in [6.07, 6.45) is 6.22. The smallest absolute Gasteiger partial charge is 0.0648 e. The molecule has 0 radical (unpaired) electrons. The van der Waals surface area contributed by atoms with E-state index in [9.17, 15) is 5.11 Å². The minimum Gasteiger partial charge on any atom is -0.390 e. The number of rotatable bonds is 4. The van der Waals surface area contributed by atoms with Crippen LogP contribution < -0.4 is 11.3 Å². The normalized spacial score (nSPS) is 22.4. The molecule has 1 saturated carbocycles. The first-order valence-corrected chi connectivity index (χ1v) is 4.43. The van der Waals surface area contributed by atoms with Crippen molar-refractivity contribution in [2.24, 2.45) is 5.84 Å². The van der Waals surface area contributed by atoms with Crippen LogP contribution in [0.15, 0.2) is 0 Å². The van der Waals surface area contributed by atoms with Crippen LogP contribution in [0.4, 0.5) is 0 Å². The van der Waals surface area contributed by atoms with Gasteiger partial charge in [0, 0.05) is 6.54 Å². The number of nitrogens with two attached hydrogens (primary N) is 1. The topological polar surface area (TPSA) is 58.3 Å². The molecule has 0 unspecified atom stereocenters. The van der Waals surface area contributed by atoms with Gasteiger partial charge in [0.15, 0.2) is 0 Å². The molecule has 11 heavy (non-hydrogen) atoms. The molecule has 1 aliphatic rings. The molecule has 3 nitrogen and oxygen atoms in total. The average Bonchev–Trinajstić information content (AvgIpc) is 2.38. The highest BCUT2D eigenvalue weighted by Gasteiger charge is 2.29. The predicted octanol–water partition coefficient (Wildman–Crippen LogP) is 0.535. The third kappa shape index (κ3) is 2.77. The van der Waals surface area contributed by atoms with Crippen LogP contribution in [0.25, 0.3) is 0 Å². The van der Waals surface area contributed by atoms with E-state index in [-0.39, 0.29) is 5.60 Å². The van der Waals surface area contributed by atoms with E-state index >= 15 is 0 Å². The molecular weight excluding hydrogens is 140 g/mol. The zero-order valence-electron chi connectivity index (χ0n) is 6.97. The molecule has 1 fully saturated rings. The summed E-state index contributed by atoms with van der Waals surface area (Å²) in [6.45, 7) is 0.808. The first-order valence-electron chi connectivity index (χ1n) is 4.43. The van der Waals surface area contributed by atoms with Gasteiger partial charge in [-0.25, -0.2) is 0 Å². The van der Waals surface area contributed by atoms with E-state index < -0.39 is 0 Å². The summed E-state index contributed by atoms with van der Waals surface area (Å²) in [5, 5.41) is 9.85. The molecule has 3 heteroatoms. The Morgan fingerprint density at radius 3 is 2.55 bits per heavy atom. The van der Waals surface area contributed by atoms with Gasteiger partial charge in [0.2, 0.25) is 0 Å². The van der Waals surface area contributed by atoms with Crippen molar-refractivity contribution in [3.63, 3.8) is 0 Å². The van der Waals surface area contributed by atoms with E-state index in [1.54, 1.807) is 0 Å². The molecule has 0 aliphatic heterocycles. The van der Waals surface area contributed by atoms with Crippen LogP contribution in [0.5, 0.6) is 0 Å². The second kappa shape index (κ2) is 4.04. The Morgan fingerprint density at radius 1 is 1.36 bits per heavy atom. The van der Waals surface area contributed by atoms with E-state index in [1.165, 1.54) is 12.8 Å². The van der Waals surface area contributed by atoms with Crippen molar-refractivity contribution in [1.29, 1.82) is 0 Å². The van der Waals surface area contributed by atoms with Gasteiger partial charge in [-0.3, -0.25) is 11.3 Å². The number of nitrogens with one attached hydrogen (secondary N) is 1. The number of hydrogen-bond acceptors (Lipinski definition) is 3. The lowest BCUT2D eigenvalue weighted by Crippen LogP contribution is -2.28. The lowest BCUT2D eigenvalue weighted by molar-refractivity contribution is 0.0369. The summed E-state index contributed by atoms with van der Waals surface area (Å²) in [5.74, 6) is 5.12. The van der Waals surface area contributed by atoms with E-state index in [2.05, 4.69) is 5.43 Å². The van der Waals surface area contributed by atoms with Gasteiger partial charge in [-0.15, -0.1) is 0 Å². The maximum absolute atomic E-state index is 9.85. The maximum Gasteiger partial charge on any atom is 0.0648 e. The number of aliphatic hydroxyl groups is 1. The molecule has 4 N–H and O–H groups in total. The molecule has 0 aromatic rings. The van der Waals surface area contributed by atoms with Crippen molar-refractivity contribution in [2.75, 3.05) is 6.54 Å². The van der Waals surface area contributed by atoms with Crippen LogP contribution in [-0.2, 0) is 0 Å². The Bertz CT molecular complexity index is 111. The lowest BCUT2D eigenvalue weighted by atomic mass is 9.96. The third-order valence-electron chi connectivity index (χ3n) is 2.50. The molecule has 0 saturated heterocycles. The largest absolute Gasteiger partial charge is 0.390 e. The molecule has 0 heterocycles. The van der Waals surface area contributed by atoms with Gasteiger partial charge in [0.05, 0.1) is 5.60 Å². The predicted molar refractivity (Wildman–Crippen MR) is 44.8 cm³/mol. The van der Waals surface area contributed by atoms with Crippen LogP contribution in [0.2, 0.25) is 0 Å². The highest BCUT2D eigenvalue weighted by atomic mass is 16.3. The van der Waals surface area contributed by atoms with Gasteiger partial charge < -0.3 is 5.11 Å².